The molecule has 2 rings (SSSR count). The number of hydrogen-bond donors (Lipinski definition) is 0. The number of hydrogen-bond acceptors (Lipinski definition) is 3. The first-order valence-electron chi connectivity index (χ1n) is 4.45. The summed E-state index contributed by atoms with van der Waals surface area (Å²) in [6.45, 7) is 3.47. The van der Waals surface area contributed by atoms with Crippen LogP contribution in [0.5, 0.6) is 0 Å². The van der Waals surface area contributed by atoms with Crippen molar-refractivity contribution in [3.8, 4) is 0 Å². The lowest BCUT2D eigenvalue weighted by Gasteiger charge is -2.08. The molecular weight excluding hydrogens is 314 g/mol. The highest BCUT2D eigenvalue weighted by Crippen LogP contribution is 2.26. The van der Waals surface area contributed by atoms with Gasteiger partial charge in [0.2, 0.25) is 0 Å². The number of aromatic nitrogens is 2. The summed E-state index contributed by atoms with van der Waals surface area (Å²) in [4.78, 5) is 8.71. The Kier molecular flexibility index (Phi) is 3.23. The van der Waals surface area contributed by atoms with Crippen molar-refractivity contribution >= 4 is 34.2 Å². The Morgan fingerprint density at radius 1 is 1.50 bits per heavy atom. The van der Waals surface area contributed by atoms with Crippen molar-refractivity contribution in [2.24, 2.45) is 0 Å². The van der Waals surface area contributed by atoms with Gasteiger partial charge in [-0.1, -0.05) is 11.6 Å². The van der Waals surface area contributed by atoms with Crippen molar-refractivity contribution in [3.63, 3.8) is 0 Å². The van der Waals surface area contributed by atoms with Crippen molar-refractivity contribution in [3.05, 3.63) is 20.2 Å². The Morgan fingerprint density at radius 2 is 2.29 bits per heavy atom. The minimum Gasteiger partial charge on any atom is -0.381 e. The molecule has 1 saturated heterocycles. The van der Waals surface area contributed by atoms with Gasteiger partial charge in [0.15, 0.2) is 0 Å². The molecule has 76 valence electrons. The second-order valence-electron chi connectivity index (χ2n) is 3.33. The maximum atomic E-state index is 6.00. The summed E-state index contributed by atoms with van der Waals surface area (Å²) in [5.74, 6) is 1.15. The molecule has 1 aromatic heterocycles. The van der Waals surface area contributed by atoms with Gasteiger partial charge in [0, 0.05) is 12.5 Å². The average Bonchev–Trinajstić information content (AvgIpc) is 2.66. The first kappa shape index (κ1) is 10.6. The van der Waals surface area contributed by atoms with E-state index in [0.29, 0.717) is 11.1 Å². The maximum Gasteiger partial charge on any atom is 0.146 e. The van der Waals surface area contributed by atoms with Crippen LogP contribution in [-0.4, -0.2) is 23.2 Å². The van der Waals surface area contributed by atoms with Crippen molar-refractivity contribution < 1.29 is 4.74 Å². The van der Waals surface area contributed by atoms with Crippen LogP contribution >= 0.6 is 34.2 Å². The van der Waals surface area contributed by atoms with E-state index in [2.05, 4.69) is 32.6 Å². The molecule has 0 saturated carbocycles. The first-order valence-corrected chi connectivity index (χ1v) is 5.91. The number of aryl methyl sites for hydroxylation is 1. The molecule has 1 fully saturated rings. The van der Waals surface area contributed by atoms with Crippen LogP contribution in [0.3, 0.4) is 0 Å². The third-order valence-electron chi connectivity index (χ3n) is 2.29. The molecule has 0 aromatic carbocycles. The van der Waals surface area contributed by atoms with Gasteiger partial charge < -0.3 is 4.74 Å². The summed E-state index contributed by atoms with van der Waals surface area (Å²) in [6, 6.07) is 0. The fourth-order valence-corrected chi connectivity index (χ4v) is 1.93. The van der Waals surface area contributed by atoms with Crippen molar-refractivity contribution in [2.45, 2.75) is 19.3 Å². The lowest BCUT2D eigenvalue weighted by atomic mass is 10.1. The number of halogens is 2. The van der Waals surface area contributed by atoms with E-state index < -0.39 is 0 Å². The number of ether oxygens (including phenoxy) is 1. The van der Waals surface area contributed by atoms with Crippen LogP contribution in [0.1, 0.15) is 23.9 Å². The van der Waals surface area contributed by atoms with Crippen LogP contribution in [0.15, 0.2) is 0 Å². The molecule has 3 nitrogen and oxygen atoms in total. The number of nitrogens with zero attached hydrogens (tertiary/aromatic N) is 2. The molecule has 0 aliphatic carbocycles. The smallest absolute Gasteiger partial charge is 0.146 e. The van der Waals surface area contributed by atoms with Crippen molar-refractivity contribution in [2.75, 3.05) is 13.2 Å². The van der Waals surface area contributed by atoms with Crippen molar-refractivity contribution in [1.29, 1.82) is 0 Å². The van der Waals surface area contributed by atoms with Gasteiger partial charge in [-0.3, -0.25) is 0 Å². The lowest BCUT2D eigenvalue weighted by molar-refractivity contribution is 0.193. The van der Waals surface area contributed by atoms with Crippen molar-refractivity contribution in [1.82, 2.24) is 9.97 Å². The van der Waals surface area contributed by atoms with Crippen LogP contribution in [0.2, 0.25) is 5.15 Å². The minimum atomic E-state index is 0.322. The summed E-state index contributed by atoms with van der Waals surface area (Å²) < 4.78 is 6.23. The minimum absolute atomic E-state index is 0.322. The second-order valence-corrected chi connectivity index (χ2v) is 4.77. The predicted molar refractivity (Wildman–Crippen MR) is 62.7 cm³/mol. The Morgan fingerprint density at radius 3 is 2.86 bits per heavy atom. The predicted octanol–water partition coefficient (Wildman–Crippen LogP) is 2.55. The third kappa shape index (κ3) is 2.01. The van der Waals surface area contributed by atoms with Gasteiger partial charge in [0.25, 0.3) is 0 Å². The van der Waals surface area contributed by atoms with E-state index in [1.807, 2.05) is 6.92 Å². The van der Waals surface area contributed by atoms with Crippen LogP contribution < -0.4 is 0 Å². The fraction of sp³-hybridized carbons (Fsp3) is 0.556. The molecule has 2 heterocycles. The molecule has 1 aromatic rings. The molecular formula is C9H10ClIN2O. The topological polar surface area (TPSA) is 35.0 Å². The van der Waals surface area contributed by atoms with Crippen LogP contribution in [0, 0.1) is 10.5 Å². The maximum absolute atomic E-state index is 6.00. The molecule has 1 aliphatic heterocycles. The first-order chi connectivity index (χ1) is 6.68. The zero-order valence-electron chi connectivity index (χ0n) is 7.76. The summed E-state index contributed by atoms with van der Waals surface area (Å²) in [7, 11) is 0. The Hall–Kier alpha value is 0.0600. The van der Waals surface area contributed by atoms with Crippen LogP contribution in [0.25, 0.3) is 0 Å². The van der Waals surface area contributed by atoms with Gasteiger partial charge in [0.1, 0.15) is 11.0 Å². The van der Waals surface area contributed by atoms with Gasteiger partial charge in [0.05, 0.1) is 15.9 Å². The Labute approximate surface area is 101 Å². The molecule has 1 aliphatic rings. The molecule has 0 bridgehead atoms. The van der Waals surface area contributed by atoms with Gasteiger partial charge in [-0.25, -0.2) is 9.97 Å². The summed E-state index contributed by atoms with van der Waals surface area (Å²) in [5.41, 5.74) is 0.951. The zero-order chi connectivity index (χ0) is 10.1. The fourth-order valence-electron chi connectivity index (χ4n) is 1.47. The number of rotatable bonds is 1. The van der Waals surface area contributed by atoms with Gasteiger partial charge in [-0.2, -0.15) is 0 Å². The van der Waals surface area contributed by atoms with E-state index in [1.54, 1.807) is 0 Å². The summed E-state index contributed by atoms with van der Waals surface area (Å²) >= 11 is 8.16. The Bertz CT molecular complexity index is 330. The van der Waals surface area contributed by atoms with E-state index in [9.17, 15) is 0 Å². The molecule has 0 spiro atoms. The van der Waals surface area contributed by atoms with E-state index in [0.717, 1.165) is 34.7 Å². The quantitative estimate of drug-likeness (QED) is 0.588. The SMILES string of the molecule is Cc1nc(C2CCOC2)nc(Cl)c1I. The van der Waals surface area contributed by atoms with Gasteiger partial charge in [-0.15, -0.1) is 0 Å². The largest absolute Gasteiger partial charge is 0.381 e. The summed E-state index contributed by atoms with van der Waals surface area (Å²) in [5, 5.41) is 0.556. The molecule has 0 N–H and O–H groups in total. The average molecular weight is 325 g/mol. The summed E-state index contributed by atoms with van der Waals surface area (Å²) in [6.07, 6.45) is 0.996. The highest BCUT2D eigenvalue weighted by Gasteiger charge is 2.21. The lowest BCUT2D eigenvalue weighted by Crippen LogP contribution is -2.07. The molecule has 14 heavy (non-hydrogen) atoms. The van der Waals surface area contributed by atoms with E-state index in [4.69, 9.17) is 16.3 Å². The standard InChI is InChI=1S/C9H10ClIN2O/c1-5-7(11)8(10)13-9(12-5)6-2-3-14-4-6/h6H,2-4H2,1H3. The monoisotopic (exact) mass is 324 g/mol. The van der Waals surface area contributed by atoms with E-state index in [1.165, 1.54) is 0 Å². The molecule has 1 unspecified atom stereocenters. The normalized spacial score (nSPS) is 21.5. The Balaban J connectivity index is 2.34. The van der Waals surface area contributed by atoms with E-state index >= 15 is 0 Å². The van der Waals surface area contributed by atoms with Crippen LogP contribution in [0.4, 0.5) is 0 Å². The zero-order valence-corrected chi connectivity index (χ0v) is 10.7. The highest BCUT2D eigenvalue weighted by molar-refractivity contribution is 14.1. The van der Waals surface area contributed by atoms with Gasteiger partial charge >= 0.3 is 0 Å². The highest BCUT2D eigenvalue weighted by atomic mass is 127. The van der Waals surface area contributed by atoms with Gasteiger partial charge in [-0.05, 0) is 35.9 Å². The second kappa shape index (κ2) is 4.28. The van der Waals surface area contributed by atoms with E-state index in [-0.39, 0.29) is 0 Å². The molecule has 0 radical (unpaired) electrons. The van der Waals surface area contributed by atoms with Crippen LogP contribution in [-0.2, 0) is 4.74 Å². The molecule has 0 amide bonds. The molecule has 5 heteroatoms. The third-order valence-corrected chi connectivity index (χ3v) is 4.17. The molecule has 1 atom stereocenters.